The summed E-state index contributed by atoms with van der Waals surface area (Å²) in [6.45, 7) is 0. The maximum absolute atomic E-state index is 6.68. The highest BCUT2D eigenvalue weighted by Gasteiger charge is 2.23. The van der Waals surface area contributed by atoms with Crippen molar-refractivity contribution in [3.8, 4) is 33.4 Å². The van der Waals surface area contributed by atoms with Crippen LogP contribution < -0.4 is 4.90 Å². The molecule has 0 unspecified atom stereocenters. The first-order valence-corrected chi connectivity index (χ1v) is 18.7. The monoisotopic (exact) mass is 703 g/mol. The van der Waals surface area contributed by atoms with Crippen LogP contribution in [0.2, 0.25) is 0 Å². The molecule has 0 saturated heterocycles. The van der Waals surface area contributed by atoms with Crippen molar-refractivity contribution in [2.24, 2.45) is 0 Å². The normalized spacial score (nSPS) is 11.6. The third-order valence-corrected chi connectivity index (χ3v) is 10.9. The second-order valence-electron chi connectivity index (χ2n) is 14.1. The van der Waals surface area contributed by atoms with Gasteiger partial charge in [-0.2, -0.15) is 0 Å². The third kappa shape index (κ3) is 5.20. The van der Waals surface area contributed by atoms with Crippen molar-refractivity contribution >= 4 is 71.7 Å². The van der Waals surface area contributed by atoms with Gasteiger partial charge in [-0.05, 0) is 81.6 Å². The zero-order chi connectivity index (χ0) is 36.3. The molecule has 0 saturated carbocycles. The Morgan fingerprint density at radius 2 is 0.836 bits per heavy atom. The lowest BCUT2D eigenvalue weighted by atomic mass is 9.97. The minimum atomic E-state index is 0.840. The summed E-state index contributed by atoms with van der Waals surface area (Å²) in [6.07, 6.45) is 0. The van der Waals surface area contributed by atoms with Crippen molar-refractivity contribution in [1.82, 2.24) is 0 Å². The van der Waals surface area contributed by atoms with Gasteiger partial charge in [0.05, 0.1) is 11.4 Å². The van der Waals surface area contributed by atoms with Crippen molar-refractivity contribution in [2.45, 2.75) is 0 Å². The van der Waals surface area contributed by atoms with Gasteiger partial charge >= 0.3 is 0 Å². The molecule has 11 aromatic rings. The Kier molecular flexibility index (Phi) is 7.17. The summed E-state index contributed by atoms with van der Waals surface area (Å²) in [5.74, 6) is 0. The van der Waals surface area contributed by atoms with Crippen LogP contribution in [0.5, 0.6) is 0 Å². The van der Waals surface area contributed by atoms with Gasteiger partial charge in [0.25, 0.3) is 0 Å². The van der Waals surface area contributed by atoms with Crippen LogP contribution in [0.15, 0.2) is 209 Å². The van der Waals surface area contributed by atoms with E-state index < -0.39 is 0 Å². The molecule has 0 atom stereocenters. The first-order valence-electron chi connectivity index (χ1n) is 18.7. The van der Waals surface area contributed by atoms with E-state index in [0.717, 1.165) is 77.6 Å². The van der Waals surface area contributed by atoms with Gasteiger partial charge in [0.2, 0.25) is 0 Å². The number of rotatable bonds is 6. The van der Waals surface area contributed by atoms with E-state index >= 15 is 0 Å². The Balaban J connectivity index is 1.08. The lowest BCUT2D eigenvalue weighted by Crippen LogP contribution is -2.11. The average Bonchev–Trinajstić information content (AvgIpc) is 3.83. The number of anilines is 3. The fraction of sp³-hybridized carbons (Fsp3) is 0. The maximum Gasteiger partial charge on any atom is 0.159 e. The van der Waals surface area contributed by atoms with Gasteiger partial charge in [0.1, 0.15) is 16.7 Å². The fourth-order valence-corrected chi connectivity index (χ4v) is 8.22. The summed E-state index contributed by atoms with van der Waals surface area (Å²) in [4.78, 5) is 2.33. The van der Waals surface area contributed by atoms with Crippen LogP contribution in [-0.4, -0.2) is 0 Å². The van der Waals surface area contributed by atoms with Gasteiger partial charge in [0, 0.05) is 38.4 Å². The molecule has 0 amide bonds. The molecular weight excluding hydrogens is 671 g/mol. The first-order chi connectivity index (χ1) is 27.3. The number of benzene rings is 9. The molecule has 2 heterocycles. The van der Waals surface area contributed by atoms with E-state index in [-0.39, 0.29) is 0 Å². The molecule has 258 valence electrons. The number of fused-ring (bicyclic) bond motifs is 7. The van der Waals surface area contributed by atoms with Crippen molar-refractivity contribution in [3.63, 3.8) is 0 Å². The van der Waals surface area contributed by atoms with E-state index in [1.807, 2.05) is 24.3 Å². The van der Waals surface area contributed by atoms with Crippen molar-refractivity contribution in [1.29, 1.82) is 0 Å². The largest absolute Gasteiger partial charge is 0.455 e. The summed E-state index contributed by atoms with van der Waals surface area (Å²) in [5.41, 5.74) is 13.3. The minimum absolute atomic E-state index is 0.840. The number of para-hydroxylation sites is 5. The molecule has 0 aliphatic carbocycles. The molecule has 3 heteroatoms. The van der Waals surface area contributed by atoms with E-state index in [0.29, 0.717) is 0 Å². The van der Waals surface area contributed by atoms with Crippen LogP contribution in [0.4, 0.5) is 17.1 Å². The lowest BCUT2D eigenvalue weighted by molar-refractivity contribution is 0.669. The van der Waals surface area contributed by atoms with Crippen LogP contribution >= 0.6 is 0 Å². The van der Waals surface area contributed by atoms with E-state index in [2.05, 4.69) is 181 Å². The molecule has 0 N–H and O–H groups in total. The predicted octanol–water partition coefficient (Wildman–Crippen LogP) is 15.1. The van der Waals surface area contributed by atoms with Crippen molar-refractivity contribution < 1.29 is 8.83 Å². The van der Waals surface area contributed by atoms with E-state index in [1.165, 1.54) is 27.5 Å². The Hall–Kier alpha value is -7.36. The Morgan fingerprint density at radius 3 is 1.64 bits per heavy atom. The number of furan rings is 2. The summed E-state index contributed by atoms with van der Waals surface area (Å²) < 4.78 is 13.3. The Bertz CT molecular complexity index is 3220. The van der Waals surface area contributed by atoms with Crippen LogP contribution in [0.3, 0.4) is 0 Å². The molecule has 9 aromatic carbocycles. The SMILES string of the molecule is c1cc(-c2ccc(N(c3ccccc3-c3cccc4c3oc3ccccc34)c3cccc4c3oc3ccccc34)cc2)cc(-c2ccc3ccccc3c2)c1. The molecule has 0 fully saturated rings. The van der Waals surface area contributed by atoms with Crippen LogP contribution in [0, 0.1) is 0 Å². The van der Waals surface area contributed by atoms with Crippen LogP contribution in [0.25, 0.3) is 88.0 Å². The smallest absolute Gasteiger partial charge is 0.159 e. The van der Waals surface area contributed by atoms with Crippen LogP contribution in [0.1, 0.15) is 0 Å². The van der Waals surface area contributed by atoms with Crippen molar-refractivity contribution in [3.05, 3.63) is 200 Å². The zero-order valence-corrected chi connectivity index (χ0v) is 29.8. The third-order valence-electron chi connectivity index (χ3n) is 10.9. The first kappa shape index (κ1) is 31.2. The number of nitrogens with zero attached hydrogens (tertiary/aromatic N) is 1. The van der Waals surface area contributed by atoms with Gasteiger partial charge in [-0.15, -0.1) is 0 Å². The fourth-order valence-electron chi connectivity index (χ4n) is 8.22. The zero-order valence-electron chi connectivity index (χ0n) is 29.8. The second-order valence-corrected chi connectivity index (χ2v) is 14.1. The van der Waals surface area contributed by atoms with Crippen molar-refractivity contribution in [2.75, 3.05) is 4.90 Å². The second kappa shape index (κ2) is 12.6. The van der Waals surface area contributed by atoms with Gasteiger partial charge in [-0.3, -0.25) is 0 Å². The topological polar surface area (TPSA) is 29.5 Å². The Morgan fingerprint density at radius 1 is 0.309 bits per heavy atom. The quantitative estimate of drug-likeness (QED) is 0.173. The molecule has 0 spiro atoms. The molecule has 0 bridgehead atoms. The van der Waals surface area contributed by atoms with Gasteiger partial charge in [-0.25, -0.2) is 0 Å². The van der Waals surface area contributed by atoms with Gasteiger partial charge < -0.3 is 13.7 Å². The van der Waals surface area contributed by atoms with Crippen LogP contribution in [-0.2, 0) is 0 Å². The molecule has 2 aromatic heterocycles. The van der Waals surface area contributed by atoms with Gasteiger partial charge in [-0.1, -0.05) is 152 Å². The molecular formula is C52H33NO2. The summed E-state index contributed by atoms with van der Waals surface area (Å²) in [6, 6.07) is 70.9. The standard InChI is InChI=1S/C52H33NO2/c1-2-13-36-33-39(27-26-34(36)12-1)38-15-9-14-37(32-38)35-28-30-40(31-29-35)53(48-23-11-21-46-43-18-5-8-25-50(43)55-52(46)48)47-22-6-3-16-41(47)44-19-10-20-45-42-17-4-7-24-49(42)54-51(44)45/h1-33H. The summed E-state index contributed by atoms with van der Waals surface area (Å²) >= 11 is 0. The van der Waals surface area contributed by atoms with E-state index in [9.17, 15) is 0 Å². The summed E-state index contributed by atoms with van der Waals surface area (Å²) in [7, 11) is 0. The molecule has 0 aliphatic rings. The molecule has 3 nitrogen and oxygen atoms in total. The average molecular weight is 704 g/mol. The Labute approximate surface area is 317 Å². The van der Waals surface area contributed by atoms with E-state index in [1.54, 1.807) is 0 Å². The highest BCUT2D eigenvalue weighted by molar-refractivity contribution is 6.13. The lowest BCUT2D eigenvalue weighted by Gasteiger charge is -2.28. The molecule has 0 aliphatic heterocycles. The minimum Gasteiger partial charge on any atom is -0.455 e. The van der Waals surface area contributed by atoms with Gasteiger partial charge in [0.15, 0.2) is 5.58 Å². The number of hydrogen-bond donors (Lipinski definition) is 0. The molecule has 11 rings (SSSR count). The predicted molar refractivity (Wildman–Crippen MR) is 229 cm³/mol. The molecule has 55 heavy (non-hydrogen) atoms. The van der Waals surface area contributed by atoms with E-state index in [4.69, 9.17) is 8.83 Å². The maximum atomic E-state index is 6.68. The molecule has 0 radical (unpaired) electrons. The summed E-state index contributed by atoms with van der Waals surface area (Å²) in [5, 5.41) is 6.88. The number of hydrogen-bond acceptors (Lipinski definition) is 3. The highest BCUT2D eigenvalue weighted by atomic mass is 16.3. The highest BCUT2D eigenvalue weighted by Crippen LogP contribution is 2.47.